The number of nitro groups is 1. The molecule has 0 unspecified atom stereocenters. The summed E-state index contributed by atoms with van der Waals surface area (Å²) in [4.78, 5) is 22.0. The Labute approximate surface area is 125 Å². The van der Waals surface area contributed by atoms with Crippen LogP contribution in [0.25, 0.3) is 11.1 Å². The molecule has 118 valence electrons. The van der Waals surface area contributed by atoms with Crippen molar-refractivity contribution in [2.45, 2.75) is 32.1 Å². The van der Waals surface area contributed by atoms with E-state index in [9.17, 15) is 14.9 Å². The second kappa shape index (κ2) is 6.29. The number of nitrogens with zero attached hydrogens (tertiary/aromatic N) is 2. The summed E-state index contributed by atoms with van der Waals surface area (Å²) in [6.45, 7) is 1.32. The van der Waals surface area contributed by atoms with Crippen LogP contribution in [-0.4, -0.2) is 29.0 Å². The van der Waals surface area contributed by atoms with Crippen molar-refractivity contribution in [2.75, 3.05) is 13.2 Å². The van der Waals surface area contributed by atoms with E-state index in [0.717, 1.165) is 19.3 Å². The molecule has 0 N–H and O–H groups in total. The van der Waals surface area contributed by atoms with Gasteiger partial charge in [-0.1, -0.05) is 0 Å². The number of nitro benzene ring substituents is 1. The van der Waals surface area contributed by atoms with Gasteiger partial charge in [0, 0.05) is 12.7 Å². The minimum absolute atomic E-state index is 0.111. The first-order valence-electron chi connectivity index (χ1n) is 7.16. The molecular weight excluding hydrogens is 292 g/mol. The monoisotopic (exact) mass is 308 g/mol. The molecule has 22 heavy (non-hydrogen) atoms. The van der Waals surface area contributed by atoms with Crippen LogP contribution in [0.15, 0.2) is 27.4 Å². The van der Waals surface area contributed by atoms with Crippen LogP contribution in [0.1, 0.15) is 19.3 Å². The fraction of sp³-hybridized carbons (Fsp3) is 0.500. The van der Waals surface area contributed by atoms with Crippen LogP contribution in [0, 0.1) is 10.1 Å². The Balaban J connectivity index is 1.71. The molecule has 1 fully saturated rings. The summed E-state index contributed by atoms with van der Waals surface area (Å²) in [5, 5.41) is 10.7. The number of benzene rings is 1. The van der Waals surface area contributed by atoms with Gasteiger partial charge in [-0.05, 0) is 25.3 Å². The van der Waals surface area contributed by atoms with Crippen LogP contribution >= 0.6 is 0 Å². The van der Waals surface area contributed by atoms with Crippen molar-refractivity contribution in [1.82, 2.24) is 4.57 Å². The Bertz CT molecular complexity index is 728. The lowest BCUT2D eigenvalue weighted by Gasteiger charge is -2.22. The number of rotatable bonds is 5. The van der Waals surface area contributed by atoms with E-state index in [1.807, 2.05) is 0 Å². The third-order valence-electron chi connectivity index (χ3n) is 3.62. The van der Waals surface area contributed by atoms with Crippen molar-refractivity contribution in [3.63, 3.8) is 0 Å². The Hall–Kier alpha value is -2.19. The van der Waals surface area contributed by atoms with Crippen LogP contribution in [0.2, 0.25) is 0 Å². The summed E-state index contributed by atoms with van der Waals surface area (Å²) in [6, 6.07) is 4.10. The van der Waals surface area contributed by atoms with Crippen LogP contribution in [0.4, 0.5) is 5.69 Å². The smallest absolute Gasteiger partial charge is 0.407 e. The Morgan fingerprint density at radius 2 is 2.27 bits per heavy atom. The summed E-state index contributed by atoms with van der Waals surface area (Å²) in [7, 11) is 0. The van der Waals surface area contributed by atoms with Gasteiger partial charge in [0.15, 0.2) is 11.9 Å². The third kappa shape index (κ3) is 3.02. The molecule has 0 radical (unpaired) electrons. The van der Waals surface area contributed by atoms with E-state index in [1.165, 1.54) is 22.8 Å². The van der Waals surface area contributed by atoms with Gasteiger partial charge in [0.2, 0.25) is 0 Å². The molecule has 1 saturated heterocycles. The highest BCUT2D eigenvalue weighted by Crippen LogP contribution is 2.20. The number of hydrogen-bond acceptors (Lipinski definition) is 6. The van der Waals surface area contributed by atoms with Crippen LogP contribution < -0.4 is 5.76 Å². The molecule has 1 aromatic heterocycles. The number of hydrogen-bond donors (Lipinski definition) is 0. The van der Waals surface area contributed by atoms with Gasteiger partial charge in [-0.3, -0.25) is 14.7 Å². The lowest BCUT2D eigenvalue weighted by molar-refractivity contribution is -0.384. The molecule has 1 aliphatic heterocycles. The molecule has 0 amide bonds. The summed E-state index contributed by atoms with van der Waals surface area (Å²) in [5.41, 5.74) is 0.608. The average Bonchev–Trinajstić information content (AvgIpc) is 2.83. The van der Waals surface area contributed by atoms with Gasteiger partial charge < -0.3 is 13.9 Å². The quantitative estimate of drug-likeness (QED) is 0.619. The van der Waals surface area contributed by atoms with Gasteiger partial charge >= 0.3 is 5.76 Å². The summed E-state index contributed by atoms with van der Waals surface area (Å²) in [6.07, 6.45) is 2.75. The van der Waals surface area contributed by atoms with Crippen molar-refractivity contribution in [1.29, 1.82) is 0 Å². The molecule has 8 heteroatoms. The van der Waals surface area contributed by atoms with Crippen molar-refractivity contribution in [3.05, 3.63) is 38.9 Å². The van der Waals surface area contributed by atoms with Gasteiger partial charge in [-0.2, -0.15) is 0 Å². The first-order chi connectivity index (χ1) is 10.6. The highest BCUT2D eigenvalue weighted by molar-refractivity contribution is 5.75. The van der Waals surface area contributed by atoms with Crippen molar-refractivity contribution >= 4 is 16.8 Å². The number of ether oxygens (including phenoxy) is 2. The zero-order valence-electron chi connectivity index (χ0n) is 11.9. The fourth-order valence-corrected chi connectivity index (χ4v) is 2.50. The van der Waals surface area contributed by atoms with Crippen LogP contribution in [0.3, 0.4) is 0 Å². The van der Waals surface area contributed by atoms with Crippen molar-refractivity contribution in [3.8, 4) is 0 Å². The van der Waals surface area contributed by atoms with E-state index < -0.39 is 10.7 Å². The normalized spacial score (nSPS) is 18.6. The maximum Gasteiger partial charge on any atom is 0.420 e. The number of aromatic nitrogens is 1. The Morgan fingerprint density at radius 3 is 3.00 bits per heavy atom. The van der Waals surface area contributed by atoms with E-state index >= 15 is 0 Å². The highest BCUT2D eigenvalue weighted by atomic mass is 16.7. The molecule has 3 rings (SSSR count). The highest BCUT2D eigenvalue weighted by Gasteiger charge is 2.16. The third-order valence-corrected chi connectivity index (χ3v) is 3.62. The van der Waals surface area contributed by atoms with E-state index in [2.05, 4.69) is 0 Å². The molecule has 8 nitrogen and oxygen atoms in total. The molecule has 1 aliphatic rings. The maximum atomic E-state index is 11.8. The standard InChI is InChI=1S/C14H16N2O6/c17-14-15(6-8-21-13-3-1-2-7-20-13)11-5-4-10(16(18)19)9-12(11)22-14/h4-5,9,13H,1-3,6-8H2/t13-/m1/s1. The SMILES string of the molecule is O=c1oc2cc([N+](=O)[O-])ccc2n1CCO[C@@H]1CCCCO1. The van der Waals surface area contributed by atoms with E-state index in [4.69, 9.17) is 13.9 Å². The Kier molecular flexibility index (Phi) is 4.21. The van der Waals surface area contributed by atoms with Crippen LogP contribution in [-0.2, 0) is 16.0 Å². The van der Waals surface area contributed by atoms with Gasteiger partial charge in [0.25, 0.3) is 5.69 Å². The molecular formula is C14H16N2O6. The van der Waals surface area contributed by atoms with Gasteiger partial charge in [0.1, 0.15) is 0 Å². The lowest BCUT2D eigenvalue weighted by atomic mass is 10.2. The summed E-state index contributed by atoms with van der Waals surface area (Å²) < 4.78 is 17.5. The minimum Gasteiger partial charge on any atom is -0.407 e. The number of fused-ring (bicyclic) bond motifs is 1. The Morgan fingerprint density at radius 1 is 1.41 bits per heavy atom. The predicted octanol–water partition coefficient (Wildman–Crippen LogP) is 2.05. The minimum atomic E-state index is -0.552. The predicted molar refractivity (Wildman–Crippen MR) is 76.7 cm³/mol. The summed E-state index contributed by atoms with van der Waals surface area (Å²) >= 11 is 0. The largest absolute Gasteiger partial charge is 0.420 e. The molecule has 1 atom stereocenters. The van der Waals surface area contributed by atoms with Gasteiger partial charge in [0.05, 0.1) is 29.7 Å². The first kappa shape index (κ1) is 14.7. The van der Waals surface area contributed by atoms with Gasteiger partial charge in [-0.25, -0.2) is 4.79 Å². The fourth-order valence-electron chi connectivity index (χ4n) is 2.50. The molecule has 0 aliphatic carbocycles. The molecule has 0 spiro atoms. The number of oxazole rings is 1. The van der Waals surface area contributed by atoms with Crippen molar-refractivity contribution in [2.24, 2.45) is 0 Å². The van der Waals surface area contributed by atoms with Crippen LogP contribution in [0.5, 0.6) is 0 Å². The molecule has 1 aromatic carbocycles. The van der Waals surface area contributed by atoms with Gasteiger partial charge in [-0.15, -0.1) is 0 Å². The second-order valence-corrected chi connectivity index (χ2v) is 5.10. The zero-order valence-corrected chi connectivity index (χ0v) is 11.9. The van der Waals surface area contributed by atoms with E-state index in [-0.39, 0.29) is 17.6 Å². The maximum absolute atomic E-state index is 11.8. The second-order valence-electron chi connectivity index (χ2n) is 5.10. The zero-order chi connectivity index (χ0) is 15.5. The molecule has 0 bridgehead atoms. The molecule has 2 aromatic rings. The average molecular weight is 308 g/mol. The number of non-ortho nitro benzene ring substituents is 1. The summed E-state index contributed by atoms with van der Waals surface area (Å²) in [5.74, 6) is -0.552. The lowest BCUT2D eigenvalue weighted by Crippen LogP contribution is -2.25. The first-order valence-corrected chi connectivity index (χ1v) is 7.16. The molecule has 0 saturated carbocycles. The molecule has 2 heterocycles. The van der Waals surface area contributed by atoms with E-state index in [1.54, 1.807) is 0 Å². The van der Waals surface area contributed by atoms with Crippen molar-refractivity contribution < 1.29 is 18.8 Å². The van der Waals surface area contributed by atoms with E-state index in [0.29, 0.717) is 25.3 Å². The topological polar surface area (TPSA) is 96.7 Å².